The van der Waals surface area contributed by atoms with Crippen molar-refractivity contribution in [2.75, 3.05) is 12.2 Å². The average Bonchev–Trinajstić information content (AvgIpc) is 3.15. The first-order valence-corrected chi connectivity index (χ1v) is 8.61. The van der Waals surface area contributed by atoms with Crippen LogP contribution in [0.3, 0.4) is 0 Å². The minimum atomic E-state index is -0.458. The minimum Gasteiger partial charge on any atom is -0.454 e. The highest BCUT2D eigenvalue weighted by molar-refractivity contribution is 6.32. The predicted molar refractivity (Wildman–Crippen MR) is 100 cm³/mol. The Hall–Kier alpha value is -3.26. The van der Waals surface area contributed by atoms with Crippen molar-refractivity contribution >= 4 is 34.4 Å². The summed E-state index contributed by atoms with van der Waals surface area (Å²) in [7, 11) is 0. The van der Waals surface area contributed by atoms with Gasteiger partial charge in [-0.2, -0.15) is 0 Å². The number of carbonyl (C=O) groups excluding carboxylic acids is 1. The zero-order valence-electron chi connectivity index (χ0n) is 14.3. The predicted octanol–water partition coefficient (Wildman–Crippen LogP) is 2.56. The molecular formula is C18H15ClN4O4. The lowest BCUT2D eigenvalue weighted by atomic mass is 10.2. The molecule has 0 saturated heterocycles. The van der Waals surface area contributed by atoms with Gasteiger partial charge in [0, 0.05) is 12.1 Å². The number of amides is 1. The van der Waals surface area contributed by atoms with Gasteiger partial charge in [0.2, 0.25) is 12.7 Å². The van der Waals surface area contributed by atoms with Crippen LogP contribution in [-0.2, 0) is 6.54 Å². The smallest absolute Gasteiger partial charge is 0.269 e. The SMILES string of the molecule is CCn1c(NNC(=O)c2cc(Cl)c3c(c2)OCO3)nc2ccccc2c1=O. The normalized spacial score (nSPS) is 12.2. The second-order valence-corrected chi connectivity index (χ2v) is 6.18. The minimum absolute atomic E-state index is 0.0577. The summed E-state index contributed by atoms with van der Waals surface area (Å²) in [5.74, 6) is 0.598. The maximum Gasteiger partial charge on any atom is 0.269 e. The van der Waals surface area contributed by atoms with Crippen LogP contribution >= 0.6 is 11.6 Å². The monoisotopic (exact) mass is 386 g/mol. The Kier molecular flexibility index (Phi) is 4.33. The topological polar surface area (TPSA) is 94.5 Å². The van der Waals surface area contributed by atoms with Crippen LogP contribution in [-0.4, -0.2) is 22.3 Å². The van der Waals surface area contributed by atoms with Crippen LogP contribution in [0.2, 0.25) is 5.02 Å². The van der Waals surface area contributed by atoms with Gasteiger partial charge in [-0.15, -0.1) is 0 Å². The van der Waals surface area contributed by atoms with Crippen LogP contribution in [0.25, 0.3) is 10.9 Å². The maximum absolute atomic E-state index is 12.6. The standard InChI is InChI=1S/C18H15ClN4O4/c1-2-23-17(25)11-5-3-4-6-13(11)20-18(23)22-21-16(24)10-7-12(19)15-14(8-10)26-9-27-15/h3-8H,2,9H2,1H3,(H,20,22)(H,21,24). The van der Waals surface area contributed by atoms with Crippen molar-refractivity contribution in [3.63, 3.8) is 0 Å². The number of ether oxygens (including phenoxy) is 2. The number of aromatic nitrogens is 2. The number of fused-ring (bicyclic) bond motifs is 2. The molecule has 2 N–H and O–H groups in total. The van der Waals surface area contributed by atoms with Crippen LogP contribution in [0.4, 0.5) is 5.95 Å². The van der Waals surface area contributed by atoms with E-state index in [-0.39, 0.29) is 28.9 Å². The number of rotatable bonds is 4. The Labute approximate surface area is 158 Å². The van der Waals surface area contributed by atoms with Crippen LogP contribution in [0.1, 0.15) is 17.3 Å². The molecule has 0 unspecified atom stereocenters. The van der Waals surface area contributed by atoms with Crippen molar-refractivity contribution in [2.24, 2.45) is 0 Å². The molecular weight excluding hydrogens is 372 g/mol. The van der Waals surface area contributed by atoms with Gasteiger partial charge in [-0.05, 0) is 31.2 Å². The molecule has 8 nitrogen and oxygen atoms in total. The van der Waals surface area contributed by atoms with Gasteiger partial charge >= 0.3 is 0 Å². The van der Waals surface area contributed by atoms with Crippen LogP contribution in [0, 0.1) is 0 Å². The van der Waals surface area contributed by atoms with E-state index in [9.17, 15) is 9.59 Å². The quantitative estimate of drug-likeness (QED) is 0.669. The fourth-order valence-electron chi connectivity index (χ4n) is 2.84. The zero-order valence-corrected chi connectivity index (χ0v) is 15.0. The summed E-state index contributed by atoms with van der Waals surface area (Å²) in [6.45, 7) is 2.27. The van der Waals surface area contributed by atoms with Gasteiger partial charge in [-0.3, -0.25) is 25.0 Å². The van der Waals surface area contributed by atoms with Gasteiger partial charge in [0.1, 0.15) is 0 Å². The molecule has 4 rings (SSSR count). The molecule has 2 heterocycles. The highest BCUT2D eigenvalue weighted by Crippen LogP contribution is 2.39. The number of nitrogens with one attached hydrogen (secondary N) is 2. The van der Waals surface area contributed by atoms with Crippen molar-refractivity contribution in [2.45, 2.75) is 13.5 Å². The number of carbonyl (C=O) groups is 1. The first-order chi connectivity index (χ1) is 13.1. The molecule has 1 aliphatic heterocycles. The Balaban J connectivity index is 1.61. The number of para-hydroxylation sites is 1. The van der Waals surface area contributed by atoms with E-state index >= 15 is 0 Å². The molecule has 0 aliphatic carbocycles. The summed E-state index contributed by atoms with van der Waals surface area (Å²) in [5, 5.41) is 0.795. The Morgan fingerprint density at radius 1 is 1.30 bits per heavy atom. The van der Waals surface area contributed by atoms with Crippen molar-refractivity contribution in [1.82, 2.24) is 15.0 Å². The van der Waals surface area contributed by atoms with Crippen molar-refractivity contribution in [1.29, 1.82) is 0 Å². The van der Waals surface area contributed by atoms with Gasteiger partial charge in [0.05, 0.1) is 15.9 Å². The lowest BCUT2D eigenvalue weighted by Gasteiger charge is -2.14. The largest absolute Gasteiger partial charge is 0.454 e. The number of benzene rings is 2. The summed E-state index contributed by atoms with van der Waals surface area (Å²) in [6, 6.07) is 10.0. The molecule has 9 heteroatoms. The van der Waals surface area contributed by atoms with E-state index < -0.39 is 5.91 Å². The first kappa shape index (κ1) is 17.2. The molecule has 0 saturated carbocycles. The molecule has 0 atom stereocenters. The molecule has 1 aliphatic rings. The highest BCUT2D eigenvalue weighted by atomic mass is 35.5. The van der Waals surface area contributed by atoms with Crippen LogP contribution in [0.15, 0.2) is 41.2 Å². The number of hydrogen-bond acceptors (Lipinski definition) is 6. The Morgan fingerprint density at radius 3 is 2.93 bits per heavy atom. The van der Waals surface area contributed by atoms with Crippen molar-refractivity contribution in [3.05, 3.63) is 57.3 Å². The lowest BCUT2D eigenvalue weighted by molar-refractivity contribution is 0.0961. The second-order valence-electron chi connectivity index (χ2n) is 5.77. The van der Waals surface area contributed by atoms with E-state index in [1.807, 2.05) is 6.92 Å². The Morgan fingerprint density at radius 2 is 2.11 bits per heavy atom. The molecule has 1 amide bonds. The third-order valence-electron chi connectivity index (χ3n) is 4.16. The molecule has 0 fully saturated rings. The van der Waals surface area contributed by atoms with Gasteiger partial charge < -0.3 is 9.47 Å². The maximum atomic E-state index is 12.6. The van der Waals surface area contributed by atoms with E-state index in [2.05, 4.69) is 15.8 Å². The first-order valence-electron chi connectivity index (χ1n) is 8.23. The number of halogens is 1. The number of nitrogens with zero attached hydrogens (tertiary/aromatic N) is 2. The van der Waals surface area contributed by atoms with E-state index in [0.717, 1.165) is 0 Å². The van der Waals surface area contributed by atoms with E-state index in [0.29, 0.717) is 28.9 Å². The fraction of sp³-hybridized carbons (Fsp3) is 0.167. The fourth-order valence-corrected chi connectivity index (χ4v) is 3.11. The van der Waals surface area contributed by atoms with Crippen LogP contribution in [0.5, 0.6) is 11.5 Å². The highest BCUT2D eigenvalue weighted by Gasteiger charge is 2.21. The molecule has 0 radical (unpaired) electrons. The Bertz CT molecular complexity index is 1110. The second kappa shape index (κ2) is 6.81. The number of hydrazine groups is 1. The summed E-state index contributed by atoms with van der Waals surface area (Å²) >= 11 is 6.11. The number of hydrogen-bond donors (Lipinski definition) is 2. The lowest BCUT2D eigenvalue weighted by Crippen LogP contribution is -2.34. The average molecular weight is 387 g/mol. The third kappa shape index (κ3) is 3.04. The zero-order chi connectivity index (χ0) is 19.0. The van der Waals surface area contributed by atoms with Gasteiger partial charge in [0.15, 0.2) is 11.5 Å². The summed E-state index contributed by atoms with van der Waals surface area (Å²) in [6.07, 6.45) is 0. The van der Waals surface area contributed by atoms with Crippen molar-refractivity contribution in [3.8, 4) is 11.5 Å². The molecule has 3 aromatic rings. The molecule has 0 spiro atoms. The summed E-state index contributed by atoms with van der Waals surface area (Å²) < 4.78 is 11.9. The van der Waals surface area contributed by atoms with Gasteiger partial charge in [-0.1, -0.05) is 23.7 Å². The molecule has 0 bridgehead atoms. The summed E-state index contributed by atoms with van der Waals surface area (Å²) in [5.41, 5.74) is 5.88. The molecule has 27 heavy (non-hydrogen) atoms. The van der Waals surface area contributed by atoms with E-state index in [1.54, 1.807) is 24.3 Å². The van der Waals surface area contributed by atoms with Gasteiger partial charge in [0.25, 0.3) is 11.5 Å². The molecule has 138 valence electrons. The third-order valence-corrected chi connectivity index (χ3v) is 4.44. The molecule has 2 aromatic carbocycles. The number of anilines is 1. The van der Waals surface area contributed by atoms with Crippen LogP contribution < -0.4 is 25.9 Å². The van der Waals surface area contributed by atoms with Crippen molar-refractivity contribution < 1.29 is 14.3 Å². The van der Waals surface area contributed by atoms with E-state index in [1.165, 1.54) is 16.7 Å². The van der Waals surface area contributed by atoms with E-state index in [4.69, 9.17) is 21.1 Å². The van der Waals surface area contributed by atoms with Gasteiger partial charge in [-0.25, -0.2) is 4.98 Å². The summed E-state index contributed by atoms with van der Waals surface area (Å²) in [4.78, 5) is 29.5. The molecule has 1 aromatic heterocycles.